The number of para-hydroxylation sites is 2. The molecule has 8 aromatic rings. The Bertz CT molecular complexity index is 2780. The number of hydrogen-bond acceptors (Lipinski definition) is 4. The van der Waals surface area contributed by atoms with Crippen molar-refractivity contribution < 1.29 is 8.42 Å². The van der Waals surface area contributed by atoms with E-state index in [2.05, 4.69) is 157 Å². The van der Waals surface area contributed by atoms with E-state index in [9.17, 15) is 8.42 Å². The van der Waals surface area contributed by atoms with E-state index in [0.29, 0.717) is 9.79 Å². The molecule has 8 aromatic carbocycles. The van der Waals surface area contributed by atoms with E-state index in [-0.39, 0.29) is 0 Å². The van der Waals surface area contributed by atoms with Gasteiger partial charge in [0.2, 0.25) is 9.84 Å². The van der Waals surface area contributed by atoms with Crippen molar-refractivity contribution in [3.05, 3.63) is 169 Å². The van der Waals surface area contributed by atoms with Crippen molar-refractivity contribution in [3.63, 3.8) is 0 Å². The first-order valence-corrected chi connectivity index (χ1v) is 19.2. The van der Waals surface area contributed by atoms with Crippen LogP contribution >= 0.6 is 0 Å². The standard InChI is InChI=1S/C47H32N2O2S/c1-47(2)37-27-31(48-39-19-5-3-15-33(39)35-17-7-11-29-13-9-21-41(48)45(29)35)23-25-43(37)52(50,51)44-26-24-32(28-38(44)47)49-40-20-6-4-16-34(40)36-18-8-12-30-14-10-22-42(49)46(30)36/h3-28H,1-2H3. The van der Waals surface area contributed by atoms with Gasteiger partial charge < -0.3 is 9.80 Å². The van der Waals surface area contributed by atoms with Gasteiger partial charge in [0.1, 0.15) is 0 Å². The second-order valence-corrected chi connectivity index (χ2v) is 16.4. The average Bonchev–Trinajstić information content (AvgIpc) is 3.18. The van der Waals surface area contributed by atoms with E-state index in [4.69, 9.17) is 0 Å². The average molecular weight is 689 g/mol. The summed E-state index contributed by atoms with van der Waals surface area (Å²) in [5.74, 6) is 0. The molecule has 0 aliphatic carbocycles. The molecule has 11 rings (SSSR count). The Hall–Kier alpha value is -6.17. The molecule has 0 saturated heterocycles. The van der Waals surface area contributed by atoms with Crippen molar-refractivity contribution in [2.75, 3.05) is 9.80 Å². The summed E-state index contributed by atoms with van der Waals surface area (Å²) in [6.45, 7) is 4.32. The molecule has 3 heterocycles. The molecule has 0 radical (unpaired) electrons. The molecule has 0 unspecified atom stereocenters. The lowest BCUT2D eigenvalue weighted by molar-refractivity contribution is 0.556. The van der Waals surface area contributed by atoms with Crippen molar-refractivity contribution in [2.45, 2.75) is 29.1 Å². The van der Waals surface area contributed by atoms with E-state index in [1.54, 1.807) is 0 Å². The third kappa shape index (κ3) is 3.78. The third-order valence-electron chi connectivity index (χ3n) is 11.5. The van der Waals surface area contributed by atoms with Crippen LogP contribution in [0.25, 0.3) is 43.8 Å². The van der Waals surface area contributed by atoms with Crippen molar-refractivity contribution in [3.8, 4) is 22.3 Å². The first-order valence-electron chi connectivity index (χ1n) is 17.7. The molecule has 0 atom stereocenters. The van der Waals surface area contributed by atoms with Gasteiger partial charge >= 0.3 is 0 Å². The Balaban J connectivity index is 1.11. The Morgan fingerprint density at radius 3 is 1.27 bits per heavy atom. The van der Waals surface area contributed by atoms with E-state index in [1.807, 2.05) is 24.3 Å². The fourth-order valence-electron chi connectivity index (χ4n) is 9.10. The van der Waals surface area contributed by atoms with E-state index in [1.165, 1.54) is 32.7 Å². The van der Waals surface area contributed by atoms with Crippen LogP contribution in [0.3, 0.4) is 0 Å². The molecule has 0 aromatic heterocycles. The van der Waals surface area contributed by atoms with Gasteiger partial charge in [-0.25, -0.2) is 8.42 Å². The minimum absolute atomic E-state index is 0.368. The maximum atomic E-state index is 14.6. The number of benzene rings is 8. The monoisotopic (exact) mass is 688 g/mol. The Kier molecular flexibility index (Phi) is 5.80. The molecule has 52 heavy (non-hydrogen) atoms. The topological polar surface area (TPSA) is 40.6 Å². The van der Waals surface area contributed by atoms with Gasteiger partial charge in [0.15, 0.2) is 0 Å². The van der Waals surface area contributed by atoms with Gasteiger partial charge in [-0.05, 0) is 93.7 Å². The molecule has 0 amide bonds. The van der Waals surface area contributed by atoms with Crippen LogP contribution in [0.2, 0.25) is 0 Å². The fourth-order valence-corrected chi connectivity index (χ4v) is 11.0. The normalized spacial score (nSPS) is 15.5. The van der Waals surface area contributed by atoms with Gasteiger partial charge in [0.05, 0.1) is 32.5 Å². The van der Waals surface area contributed by atoms with Gasteiger partial charge in [-0.3, -0.25) is 0 Å². The highest BCUT2D eigenvalue weighted by molar-refractivity contribution is 7.91. The number of hydrogen-bond donors (Lipinski definition) is 0. The van der Waals surface area contributed by atoms with Gasteiger partial charge in [0.25, 0.3) is 0 Å². The summed E-state index contributed by atoms with van der Waals surface area (Å²) >= 11 is 0. The molecule has 248 valence electrons. The summed E-state index contributed by atoms with van der Waals surface area (Å²) in [4.78, 5) is 5.32. The lowest BCUT2D eigenvalue weighted by Crippen LogP contribution is -2.30. The summed E-state index contributed by atoms with van der Waals surface area (Å²) in [6.07, 6.45) is 0. The first-order chi connectivity index (χ1) is 25.3. The predicted octanol–water partition coefficient (Wildman–Crippen LogP) is 12.4. The Morgan fingerprint density at radius 1 is 0.423 bits per heavy atom. The summed E-state index contributed by atoms with van der Waals surface area (Å²) < 4.78 is 29.1. The molecular weight excluding hydrogens is 657 g/mol. The summed E-state index contributed by atoms with van der Waals surface area (Å²) in [7, 11) is -3.80. The molecule has 3 aliphatic rings. The lowest BCUT2D eigenvalue weighted by Gasteiger charge is -2.39. The van der Waals surface area contributed by atoms with Crippen LogP contribution in [0.4, 0.5) is 34.1 Å². The molecule has 4 nitrogen and oxygen atoms in total. The quantitative estimate of drug-likeness (QED) is 0.181. The maximum absolute atomic E-state index is 14.6. The van der Waals surface area contributed by atoms with Gasteiger partial charge in [-0.15, -0.1) is 0 Å². The van der Waals surface area contributed by atoms with Crippen molar-refractivity contribution in [2.24, 2.45) is 0 Å². The van der Waals surface area contributed by atoms with Crippen LogP contribution in [0.1, 0.15) is 25.0 Å². The van der Waals surface area contributed by atoms with Crippen LogP contribution in [-0.2, 0) is 15.3 Å². The molecule has 0 fully saturated rings. The van der Waals surface area contributed by atoms with Crippen LogP contribution in [0.5, 0.6) is 0 Å². The van der Waals surface area contributed by atoms with Crippen LogP contribution in [0, 0.1) is 0 Å². The third-order valence-corrected chi connectivity index (χ3v) is 13.4. The smallest absolute Gasteiger partial charge is 0.207 e. The van der Waals surface area contributed by atoms with Gasteiger partial charge in [0, 0.05) is 38.7 Å². The van der Waals surface area contributed by atoms with Gasteiger partial charge in [-0.2, -0.15) is 0 Å². The molecule has 0 N–H and O–H groups in total. The number of anilines is 6. The largest absolute Gasteiger partial charge is 0.309 e. The van der Waals surface area contributed by atoms with Gasteiger partial charge in [-0.1, -0.05) is 111 Å². The van der Waals surface area contributed by atoms with E-state index >= 15 is 0 Å². The number of fused-ring (bicyclic) bond motifs is 6. The van der Waals surface area contributed by atoms with E-state index < -0.39 is 15.3 Å². The highest BCUT2D eigenvalue weighted by atomic mass is 32.2. The van der Waals surface area contributed by atoms with Crippen LogP contribution < -0.4 is 9.80 Å². The summed E-state index contributed by atoms with van der Waals surface area (Å²) in [6, 6.07) is 54.6. The minimum Gasteiger partial charge on any atom is -0.309 e. The van der Waals surface area contributed by atoms with Crippen LogP contribution in [0.15, 0.2) is 168 Å². The first kappa shape index (κ1) is 29.5. The molecule has 0 spiro atoms. The second kappa shape index (κ2) is 10.2. The molecule has 5 heteroatoms. The molecule has 0 saturated carbocycles. The summed E-state index contributed by atoms with van der Waals surface area (Å²) in [5, 5.41) is 4.74. The highest BCUT2D eigenvalue weighted by Crippen LogP contribution is 2.55. The van der Waals surface area contributed by atoms with Crippen LogP contribution in [-0.4, -0.2) is 8.42 Å². The second-order valence-electron chi connectivity index (χ2n) is 14.6. The van der Waals surface area contributed by atoms with Crippen molar-refractivity contribution >= 4 is 65.5 Å². The maximum Gasteiger partial charge on any atom is 0.207 e. The van der Waals surface area contributed by atoms with Crippen molar-refractivity contribution in [1.29, 1.82) is 0 Å². The molecule has 3 aliphatic heterocycles. The SMILES string of the molecule is CC1(C)c2cc(N3c4ccccc4-c4cccc5cccc3c45)ccc2S(=O)(=O)c2ccc(N3c4ccccc4-c4cccc5cccc3c45)cc21. The highest BCUT2D eigenvalue weighted by Gasteiger charge is 2.42. The Morgan fingerprint density at radius 2 is 0.808 bits per heavy atom. The molecule has 0 bridgehead atoms. The van der Waals surface area contributed by atoms with Crippen molar-refractivity contribution in [1.82, 2.24) is 0 Å². The van der Waals surface area contributed by atoms with E-state index in [0.717, 1.165) is 56.4 Å². The summed E-state index contributed by atoms with van der Waals surface area (Å²) in [5.41, 5.74) is 11.9. The number of sulfone groups is 1. The fraction of sp³-hybridized carbons (Fsp3) is 0.0638. The number of nitrogens with zero attached hydrogens (tertiary/aromatic N) is 2. The Labute approximate surface area is 302 Å². The lowest BCUT2D eigenvalue weighted by atomic mass is 9.77. The number of rotatable bonds is 2. The zero-order valence-electron chi connectivity index (χ0n) is 28.6. The predicted molar refractivity (Wildman–Crippen MR) is 213 cm³/mol. The zero-order valence-corrected chi connectivity index (χ0v) is 29.4. The molecular formula is C47H32N2O2S. The zero-order chi connectivity index (χ0) is 34.9. The minimum atomic E-state index is -3.80.